The minimum atomic E-state index is -0.0763. The van der Waals surface area contributed by atoms with Gasteiger partial charge in [-0.25, -0.2) is 0 Å². The molecule has 4 rings (SSSR count). The number of hydrogen-bond donors (Lipinski definition) is 2. The molecule has 0 saturated heterocycles. The number of anilines is 1. The number of aromatic nitrogens is 2. The second-order valence-electron chi connectivity index (χ2n) is 7.26. The molecule has 4 nitrogen and oxygen atoms in total. The average Bonchev–Trinajstić information content (AvgIpc) is 3.37. The Morgan fingerprint density at radius 1 is 1.08 bits per heavy atom. The van der Waals surface area contributed by atoms with Crippen molar-refractivity contribution in [3.63, 3.8) is 0 Å². The first-order valence-electron chi connectivity index (χ1n) is 9.22. The second-order valence-corrected chi connectivity index (χ2v) is 7.26. The highest BCUT2D eigenvalue weighted by Gasteiger charge is 2.32. The minimum Gasteiger partial charge on any atom is -0.309 e. The van der Waals surface area contributed by atoms with Gasteiger partial charge in [-0.2, -0.15) is 5.10 Å². The highest BCUT2D eigenvalue weighted by Crippen LogP contribution is 2.40. The second kappa shape index (κ2) is 6.80. The summed E-state index contributed by atoms with van der Waals surface area (Å²) >= 11 is 0. The van der Waals surface area contributed by atoms with Gasteiger partial charge in [0.05, 0.1) is 5.92 Å². The van der Waals surface area contributed by atoms with E-state index in [1.54, 1.807) is 0 Å². The number of hydrogen-bond acceptors (Lipinski definition) is 2. The number of aromatic amines is 1. The lowest BCUT2D eigenvalue weighted by molar-refractivity contribution is -0.119. The summed E-state index contributed by atoms with van der Waals surface area (Å²) in [4.78, 5) is 13.0. The van der Waals surface area contributed by atoms with Crippen LogP contribution in [0.2, 0.25) is 0 Å². The summed E-state index contributed by atoms with van der Waals surface area (Å²) < 4.78 is 0. The maximum atomic E-state index is 13.0. The van der Waals surface area contributed by atoms with Gasteiger partial charge in [-0.05, 0) is 37.2 Å². The SMILES string of the molecule is O=C(Nc1cc(C2CC2)[nH]n1)C(c1ccccc1)C1CCCCC1. The van der Waals surface area contributed by atoms with E-state index in [-0.39, 0.29) is 11.8 Å². The van der Waals surface area contributed by atoms with Gasteiger partial charge in [-0.3, -0.25) is 9.89 Å². The van der Waals surface area contributed by atoms with Crippen molar-refractivity contribution in [1.29, 1.82) is 0 Å². The van der Waals surface area contributed by atoms with Gasteiger partial charge in [-0.15, -0.1) is 0 Å². The molecular weight excluding hydrogens is 298 g/mol. The van der Waals surface area contributed by atoms with Crippen LogP contribution >= 0.6 is 0 Å². The molecule has 0 aliphatic heterocycles. The lowest BCUT2D eigenvalue weighted by Gasteiger charge is -2.29. The van der Waals surface area contributed by atoms with Crippen LogP contribution in [0.15, 0.2) is 36.4 Å². The normalized spacial score (nSPS) is 19.8. The summed E-state index contributed by atoms with van der Waals surface area (Å²) in [6, 6.07) is 12.2. The van der Waals surface area contributed by atoms with Crippen LogP contribution in [-0.4, -0.2) is 16.1 Å². The van der Waals surface area contributed by atoms with Gasteiger partial charge in [0.25, 0.3) is 0 Å². The molecule has 2 saturated carbocycles. The molecule has 1 atom stereocenters. The molecule has 4 heteroatoms. The zero-order valence-corrected chi connectivity index (χ0v) is 14.0. The molecule has 2 fully saturated rings. The fourth-order valence-electron chi connectivity index (χ4n) is 3.97. The van der Waals surface area contributed by atoms with Crippen molar-refractivity contribution in [3.8, 4) is 0 Å². The maximum absolute atomic E-state index is 13.0. The molecule has 0 radical (unpaired) electrons. The van der Waals surface area contributed by atoms with Crippen molar-refractivity contribution >= 4 is 11.7 Å². The van der Waals surface area contributed by atoms with Crippen molar-refractivity contribution in [2.75, 3.05) is 5.32 Å². The van der Waals surface area contributed by atoms with Crippen LogP contribution in [0.3, 0.4) is 0 Å². The Kier molecular flexibility index (Phi) is 4.37. The van der Waals surface area contributed by atoms with E-state index >= 15 is 0 Å². The third-order valence-electron chi connectivity index (χ3n) is 5.43. The first-order chi connectivity index (χ1) is 11.8. The largest absolute Gasteiger partial charge is 0.309 e. The predicted octanol–water partition coefficient (Wildman–Crippen LogP) is 4.59. The standard InChI is InChI=1S/C20H25N3O/c24-20(21-18-13-17(22-23-18)14-11-12-14)19(15-7-3-1-4-8-15)16-9-5-2-6-10-16/h1,3-4,7-8,13-14,16,19H,2,5-6,9-12H2,(H2,21,22,23,24). The Balaban J connectivity index is 1.53. The van der Waals surface area contributed by atoms with E-state index in [1.165, 1.54) is 32.1 Å². The quantitative estimate of drug-likeness (QED) is 0.845. The number of H-pyrrole nitrogens is 1. The Morgan fingerprint density at radius 2 is 1.83 bits per heavy atom. The van der Waals surface area contributed by atoms with Crippen LogP contribution < -0.4 is 5.32 Å². The zero-order valence-electron chi connectivity index (χ0n) is 14.0. The summed E-state index contributed by atoms with van der Waals surface area (Å²) in [5, 5.41) is 10.4. The van der Waals surface area contributed by atoms with Gasteiger partial charge < -0.3 is 5.32 Å². The maximum Gasteiger partial charge on any atom is 0.233 e. The van der Waals surface area contributed by atoms with Crippen molar-refractivity contribution in [1.82, 2.24) is 10.2 Å². The van der Waals surface area contributed by atoms with Crippen LogP contribution in [-0.2, 0) is 4.79 Å². The van der Waals surface area contributed by atoms with Gasteiger partial charge in [-0.1, -0.05) is 49.6 Å². The number of amides is 1. The number of carbonyl (C=O) groups excluding carboxylic acids is 1. The number of rotatable bonds is 5. The summed E-state index contributed by atoms with van der Waals surface area (Å²) in [7, 11) is 0. The molecule has 2 aliphatic rings. The van der Waals surface area contributed by atoms with Crippen LogP contribution in [0.1, 0.15) is 68.0 Å². The predicted molar refractivity (Wildman–Crippen MR) is 95.0 cm³/mol. The number of benzene rings is 1. The topological polar surface area (TPSA) is 57.8 Å². The highest BCUT2D eigenvalue weighted by molar-refractivity contribution is 5.95. The minimum absolute atomic E-state index is 0.0763. The van der Waals surface area contributed by atoms with Crippen molar-refractivity contribution in [3.05, 3.63) is 47.7 Å². The molecule has 1 aromatic heterocycles. The highest BCUT2D eigenvalue weighted by atomic mass is 16.2. The van der Waals surface area contributed by atoms with Crippen LogP contribution in [0.4, 0.5) is 5.82 Å². The summed E-state index contributed by atoms with van der Waals surface area (Å²) in [5.74, 6) is 1.72. The molecule has 2 aliphatic carbocycles. The Bertz CT molecular complexity index is 684. The van der Waals surface area contributed by atoms with E-state index in [9.17, 15) is 4.79 Å². The third kappa shape index (κ3) is 3.37. The Labute approximate surface area is 143 Å². The van der Waals surface area contributed by atoms with Crippen molar-refractivity contribution in [2.45, 2.75) is 56.8 Å². The summed E-state index contributed by atoms with van der Waals surface area (Å²) in [5.41, 5.74) is 2.28. The molecule has 0 bridgehead atoms. The molecule has 0 spiro atoms. The lowest BCUT2D eigenvalue weighted by atomic mass is 9.76. The molecule has 1 aromatic carbocycles. The first-order valence-corrected chi connectivity index (χ1v) is 9.22. The first kappa shape index (κ1) is 15.4. The van der Waals surface area contributed by atoms with E-state index in [0.29, 0.717) is 17.7 Å². The van der Waals surface area contributed by atoms with Gasteiger partial charge in [0.1, 0.15) is 0 Å². The zero-order chi connectivity index (χ0) is 16.4. The van der Waals surface area contributed by atoms with Gasteiger partial charge in [0.2, 0.25) is 5.91 Å². The summed E-state index contributed by atoms with van der Waals surface area (Å²) in [6.07, 6.45) is 8.49. The number of nitrogens with zero attached hydrogens (tertiary/aromatic N) is 1. The smallest absolute Gasteiger partial charge is 0.233 e. The van der Waals surface area contributed by atoms with Crippen LogP contribution in [0.25, 0.3) is 0 Å². The van der Waals surface area contributed by atoms with Gasteiger partial charge in [0.15, 0.2) is 5.82 Å². The van der Waals surface area contributed by atoms with E-state index in [1.807, 2.05) is 24.3 Å². The Morgan fingerprint density at radius 3 is 2.54 bits per heavy atom. The Hall–Kier alpha value is -2.10. The molecular formula is C20H25N3O. The fourth-order valence-corrected chi connectivity index (χ4v) is 3.97. The van der Waals surface area contributed by atoms with Crippen LogP contribution in [0, 0.1) is 5.92 Å². The lowest BCUT2D eigenvalue weighted by Crippen LogP contribution is -2.29. The molecule has 24 heavy (non-hydrogen) atoms. The molecule has 2 N–H and O–H groups in total. The van der Waals surface area contributed by atoms with Crippen molar-refractivity contribution in [2.24, 2.45) is 5.92 Å². The number of carbonyl (C=O) groups is 1. The summed E-state index contributed by atoms with van der Waals surface area (Å²) in [6.45, 7) is 0. The monoisotopic (exact) mass is 323 g/mol. The third-order valence-corrected chi connectivity index (χ3v) is 5.43. The van der Waals surface area contributed by atoms with E-state index in [2.05, 4.69) is 27.6 Å². The van der Waals surface area contributed by atoms with Crippen molar-refractivity contribution < 1.29 is 4.79 Å². The van der Waals surface area contributed by atoms with Crippen LogP contribution in [0.5, 0.6) is 0 Å². The fraction of sp³-hybridized carbons (Fsp3) is 0.500. The van der Waals surface area contributed by atoms with Gasteiger partial charge in [0, 0.05) is 17.7 Å². The molecule has 1 heterocycles. The van der Waals surface area contributed by atoms with Gasteiger partial charge >= 0.3 is 0 Å². The van der Waals surface area contributed by atoms with E-state index < -0.39 is 0 Å². The molecule has 1 amide bonds. The average molecular weight is 323 g/mol. The number of nitrogens with one attached hydrogen (secondary N) is 2. The van der Waals surface area contributed by atoms with E-state index in [0.717, 1.165) is 24.1 Å². The van der Waals surface area contributed by atoms with E-state index in [4.69, 9.17) is 0 Å². The molecule has 126 valence electrons. The molecule has 1 unspecified atom stereocenters. The molecule has 2 aromatic rings.